The van der Waals surface area contributed by atoms with Crippen LogP contribution in [0.15, 0.2) is 24.3 Å². The molecule has 2 rings (SSSR count). The van der Waals surface area contributed by atoms with Gasteiger partial charge in [0.15, 0.2) is 0 Å². The number of hydrogen-bond acceptors (Lipinski definition) is 3. The molecule has 1 unspecified atom stereocenters. The summed E-state index contributed by atoms with van der Waals surface area (Å²) in [6, 6.07) is 8.66. The summed E-state index contributed by atoms with van der Waals surface area (Å²) in [7, 11) is 0. The molecule has 1 atom stereocenters. The van der Waals surface area contributed by atoms with Crippen molar-refractivity contribution in [2.45, 2.75) is 26.2 Å². The molecule has 2 amide bonds. The average molecular weight is 285 g/mol. The van der Waals surface area contributed by atoms with Gasteiger partial charge in [-0.05, 0) is 37.0 Å². The van der Waals surface area contributed by atoms with Gasteiger partial charge in [-0.3, -0.25) is 9.59 Å². The van der Waals surface area contributed by atoms with Crippen molar-refractivity contribution in [3.05, 3.63) is 29.8 Å². The number of nitrogens with zero attached hydrogens (tertiary/aromatic N) is 2. The topological polar surface area (TPSA) is 73.2 Å². The number of nitriles is 1. The Labute approximate surface area is 124 Å². The lowest BCUT2D eigenvalue weighted by Crippen LogP contribution is -2.40. The molecule has 0 saturated carbocycles. The maximum atomic E-state index is 12.1. The highest BCUT2D eigenvalue weighted by Crippen LogP contribution is 2.16. The molecule has 21 heavy (non-hydrogen) atoms. The van der Waals surface area contributed by atoms with Crippen LogP contribution in [0.4, 0.5) is 5.69 Å². The minimum atomic E-state index is -0.340. The average Bonchev–Trinajstić information content (AvgIpc) is 2.47. The molecule has 0 bridgehead atoms. The van der Waals surface area contributed by atoms with Crippen LogP contribution in [-0.4, -0.2) is 29.8 Å². The van der Waals surface area contributed by atoms with Crippen molar-refractivity contribution in [3.8, 4) is 6.07 Å². The highest BCUT2D eigenvalue weighted by molar-refractivity contribution is 6.03. The first-order valence-corrected chi connectivity index (χ1v) is 7.16. The fourth-order valence-electron chi connectivity index (χ4n) is 2.54. The Balaban J connectivity index is 1.89. The molecule has 0 radical (unpaired) electrons. The predicted octanol–water partition coefficient (Wildman–Crippen LogP) is 2.15. The Hall–Kier alpha value is -2.35. The fourth-order valence-corrected chi connectivity index (χ4v) is 2.54. The molecule has 1 aliphatic heterocycles. The van der Waals surface area contributed by atoms with Crippen LogP contribution in [0.5, 0.6) is 0 Å². The smallest absolute Gasteiger partial charge is 0.233 e. The van der Waals surface area contributed by atoms with Gasteiger partial charge in [0.05, 0.1) is 11.6 Å². The van der Waals surface area contributed by atoms with E-state index in [1.54, 1.807) is 29.2 Å². The van der Waals surface area contributed by atoms with Crippen molar-refractivity contribution in [2.24, 2.45) is 5.92 Å². The summed E-state index contributed by atoms with van der Waals surface area (Å²) in [4.78, 5) is 25.7. The zero-order valence-corrected chi connectivity index (χ0v) is 12.1. The van der Waals surface area contributed by atoms with Crippen molar-refractivity contribution in [1.29, 1.82) is 5.26 Å². The third-order valence-corrected chi connectivity index (χ3v) is 3.60. The lowest BCUT2D eigenvalue weighted by molar-refractivity contribution is -0.136. The Morgan fingerprint density at radius 2 is 2.29 bits per heavy atom. The second-order valence-corrected chi connectivity index (χ2v) is 5.50. The van der Waals surface area contributed by atoms with E-state index in [2.05, 4.69) is 12.2 Å². The molecule has 5 nitrogen and oxygen atoms in total. The second kappa shape index (κ2) is 6.89. The molecule has 110 valence electrons. The van der Waals surface area contributed by atoms with Gasteiger partial charge in [-0.25, -0.2) is 0 Å². The summed E-state index contributed by atoms with van der Waals surface area (Å²) < 4.78 is 0. The van der Waals surface area contributed by atoms with E-state index >= 15 is 0 Å². The molecule has 1 aliphatic rings. The van der Waals surface area contributed by atoms with Gasteiger partial charge in [0.1, 0.15) is 6.42 Å². The van der Waals surface area contributed by atoms with Crippen LogP contribution in [0.2, 0.25) is 0 Å². The number of hydrogen-bond donors (Lipinski definition) is 1. The molecular weight excluding hydrogens is 266 g/mol. The first-order chi connectivity index (χ1) is 10.1. The number of rotatable bonds is 3. The number of nitrogens with one attached hydrogen (secondary N) is 1. The van der Waals surface area contributed by atoms with Crippen LogP contribution in [0, 0.1) is 17.2 Å². The van der Waals surface area contributed by atoms with E-state index in [4.69, 9.17) is 5.26 Å². The SMILES string of the molecule is CC1CCCN(C(=O)CC(=O)Nc2cccc(C#N)c2)C1. The van der Waals surface area contributed by atoms with E-state index in [9.17, 15) is 9.59 Å². The van der Waals surface area contributed by atoms with Gasteiger partial charge >= 0.3 is 0 Å². The number of piperidine rings is 1. The van der Waals surface area contributed by atoms with Crippen molar-refractivity contribution in [3.63, 3.8) is 0 Å². The molecule has 1 heterocycles. The lowest BCUT2D eigenvalue weighted by Gasteiger charge is -2.30. The molecule has 0 aliphatic carbocycles. The standard InChI is InChI=1S/C16H19N3O2/c1-12-4-3-7-19(11-12)16(21)9-15(20)18-14-6-2-5-13(8-14)10-17/h2,5-6,8,12H,3-4,7,9,11H2,1H3,(H,18,20). The van der Waals surface area contributed by atoms with E-state index in [1.807, 2.05) is 6.07 Å². The number of carbonyl (C=O) groups is 2. The lowest BCUT2D eigenvalue weighted by atomic mass is 10.00. The maximum absolute atomic E-state index is 12.1. The predicted molar refractivity (Wildman–Crippen MR) is 79.4 cm³/mol. The summed E-state index contributed by atoms with van der Waals surface area (Å²) >= 11 is 0. The Morgan fingerprint density at radius 3 is 3.00 bits per heavy atom. The Morgan fingerprint density at radius 1 is 1.48 bits per heavy atom. The first-order valence-electron chi connectivity index (χ1n) is 7.16. The molecule has 0 spiro atoms. The van der Waals surface area contributed by atoms with Gasteiger partial charge in [0.25, 0.3) is 0 Å². The van der Waals surface area contributed by atoms with E-state index in [-0.39, 0.29) is 18.2 Å². The zero-order valence-electron chi connectivity index (χ0n) is 12.1. The summed E-state index contributed by atoms with van der Waals surface area (Å²) in [6.07, 6.45) is 1.99. The summed E-state index contributed by atoms with van der Waals surface area (Å²) in [5.74, 6) is 0.0295. The normalized spacial score (nSPS) is 17.9. The van der Waals surface area contributed by atoms with E-state index in [0.29, 0.717) is 17.2 Å². The first kappa shape index (κ1) is 15.0. The van der Waals surface area contributed by atoms with Crippen LogP contribution < -0.4 is 5.32 Å². The molecule has 1 saturated heterocycles. The molecule has 1 fully saturated rings. The molecule has 1 N–H and O–H groups in total. The van der Waals surface area contributed by atoms with Gasteiger partial charge in [0.2, 0.25) is 11.8 Å². The van der Waals surface area contributed by atoms with Gasteiger partial charge in [-0.2, -0.15) is 5.26 Å². The molecule has 0 aromatic heterocycles. The Bertz CT molecular complexity index is 577. The van der Waals surface area contributed by atoms with Crippen molar-refractivity contribution in [2.75, 3.05) is 18.4 Å². The van der Waals surface area contributed by atoms with Crippen molar-refractivity contribution >= 4 is 17.5 Å². The summed E-state index contributed by atoms with van der Waals surface area (Å²) in [6.45, 7) is 3.59. The van der Waals surface area contributed by atoms with Gasteiger partial charge < -0.3 is 10.2 Å². The number of amides is 2. The fraction of sp³-hybridized carbons (Fsp3) is 0.438. The van der Waals surface area contributed by atoms with Crippen LogP contribution >= 0.6 is 0 Å². The number of benzene rings is 1. The molecular formula is C16H19N3O2. The molecule has 1 aromatic rings. The monoisotopic (exact) mass is 285 g/mol. The maximum Gasteiger partial charge on any atom is 0.233 e. The number of anilines is 1. The van der Waals surface area contributed by atoms with E-state index < -0.39 is 0 Å². The molecule has 1 aromatic carbocycles. The minimum absolute atomic E-state index is 0.129. The summed E-state index contributed by atoms with van der Waals surface area (Å²) in [5.41, 5.74) is 1.02. The quantitative estimate of drug-likeness (QED) is 0.865. The number of carbonyl (C=O) groups excluding carboxylic acids is 2. The highest BCUT2D eigenvalue weighted by Gasteiger charge is 2.22. The van der Waals surface area contributed by atoms with Crippen molar-refractivity contribution in [1.82, 2.24) is 4.90 Å². The zero-order chi connectivity index (χ0) is 15.2. The van der Waals surface area contributed by atoms with Gasteiger partial charge in [0, 0.05) is 18.8 Å². The van der Waals surface area contributed by atoms with Crippen LogP contribution in [-0.2, 0) is 9.59 Å². The second-order valence-electron chi connectivity index (χ2n) is 5.50. The number of likely N-dealkylation sites (tertiary alicyclic amines) is 1. The summed E-state index contributed by atoms with van der Waals surface area (Å²) in [5, 5.41) is 11.5. The van der Waals surface area contributed by atoms with Gasteiger partial charge in [-0.1, -0.05) is 13.0 Å². The Kier molecular flexibility index (Phi) is 4.94. The van der Waals surface area contributed by atoms with Gasteiger partial charge in [-0.15, -0.1) is 0 Å². The molecule has 5 heteroatoms. The van der Waals surface area contributed by atoms with E-state index in [1.165, 1.54) is 0 Å². The third kappa shape index (κ3) is 4.32. The third-order valence-electron chi connectivity index (χ3n) is 3.60. The largest absolute Gasteiger partial charge is 0.342 e. The van der Waals surface area contributed by atoms with Crippen molar-refractivity contribution < 1.29 is 9.59 Å². The van der Waals surface area contributed by atoms with Crippen LogP contribution in [0.1, 0.15) is 31.7 Å². The van der Waals surface area contributed by atoms with Crippen LogP contribution in [0.25, 0.3) is 0 Å². The highest BCUT2D eigenvalue weighted by atomic mass is 16.2. The minimum Gasteiger partial charge on any atom is -0.342 e. The van der Waals surface area contributed by atoms with E-state index in [0.717, 1.165) is 25.9 Å². The van der Waals surface area contributed by atoms with Crippen LogP contribution in [0.3, 0.4) is 0 Å².